The summed E-state index contributed by atoms with van der Waals surface area (Å²) in [4.78, 5) is 36.6. The number of likely N-dealkylation sites (tertiary alicyclic amines) is 1. The first-order valence-electron chi connectivity index (χ1n) is 6.93. The molecule has 5 nitrogen and oxygen atoms in total. The Morgan fingerprint density at radius 1 is 1.32 bits per heavy atom. The number of hydrogen-bond acceptors (Lipinski definition) is 3. The van der Waals surface area contributed by atoms with Crippen molar-refractivity contribution < 1.29 is 14.4 Å². The second-order valence-electron chi connectivity index (χ2n) is 5.89. The second-order valence-corrected chi connectivity index (χ2v) is 5.89. The van der Waals surface area contributed by atoms with Crippen molar-refractivity contribution in [2.75, 3.05) is 13.1 Å². The third-order valence-electron chi connectivity index (χ3n) is 3.35. The average Bonchev–Trinajstić information content (AvgIpc) is 2.60. The van der Waals surface area contributed by atoms with Crippen LogP contribution in [-0.4, -0.2) is 35.7 Å². The van der Waals surface area contributed by atoms with Crippen molar-refractivity contribution in [1.82, 2.24) is 10.2 Å². The highest BCUT2D eigenvalue weighted by atomic mass is 16.2. The Balaban J connectivity index is 2.43. The molecular formula is C14H24N2O3. The molecule has 0 aromatic rings. The number of amides is 3. The van der Waals surface area contributed by atoms with Crippen LogP contribution in [0, 0.1) is 17.8 Å². The van der Waals surface area contributed by atoms with Gasteiger partial charge in [-0.05, 0) is 11.8 Å². The van der Waals surface area contributed by atoms with Crippen LogP contribution in [0.3, 0.4) is 0 Å². The average molecular weight is 268 g/mol. The fourth-order valence-corrected chi connectivity index (χ4v) is 2.08. The van der Waals surface area contributed by atoms with Crippen LogP contribution < -0.4 is 5.32 Å². The van der Waals surface area contributed by atoms with Gasteiger partial charge in [-0.2, -0.15) is 0 Å². The maximum atomic E-state index is 12.0. The number of hydrogen-bond donors (Lipinski definition) is 1. The van der Waals surface area contributed by atoms with Gasteiger partial charge in [0.05, 0.1) is 0 Å². The van der Waals surface area contributed by atoms with E-state index in [9.17, 15) is 14.4 Å². The van der Waals surface area contributed by atoms with Gasteiger partial charge in [-0.15, -0.1) is 0 Å². The van der Waals surface area contributed by atoms with Crippen molar-refractivity contribution in [3.8, 4) is 0 Å². The molecule has 0 aromatic heterocycles. The van der Waals surface area contributed by atoms with E-state index in [1.54, 1.807) is 0 Å². The predicted octanol–water partition coefficient (Wildman–Crippen LogP) is 1.18. The monoisotopic (exact) mass is 268 g/mol. The van der Waals surface area contributed by atoms with Crippen molar-refractivity contribution in [3.05, 3.63) is 0 Å². The minimum atomic E-state index is -0.216. The third kappa shape index (κ3) is 4.33. The molecule has 5 heteroatoms. The first-order chi connectivity index (χ1) is 8.82. The van der Waals surface area contributed by atoms with Crippen LogP contribution in [0.15, 0.2) is 0 Å². The highest BCUT2D eigenvalue weighted by molar-refractivity contribution is 6.03. The normalized spacial score (nSPS) is 19.7. The minimum absolute atomic E-state index is 0.109. The molecule has 3 amide bonds. The van der Waals surface area contributed by atoms with E-state index in [0.717, 1.165) is 0 Å². The van der Waals surface area contributed by atoms with Gasteiger partial charge in [0.1, 0.15) is 0 Å². The predicted molar refractivity (Wildman–Crippen MR) is 72.1 cm³/mol. The molecule has 0 saturated carbocycles. The summed E-state index contributed by atoms with van der Waals surface area (Å²) in [6.45, 7) is 8.73. The van der Waals surface area contributed by atoms with E-state index in [0.29, 0.717) is 12.5 Å². The molecule has 1 fully saturated rings. The van der Waals surface area contributed by atoms with Gasteiger partial charge in [0.15, 0.2) is 0 Å². The molecule has 1 rings (SSSR count). The molecule has 0 aliphatic carbocycles. The lowest BCUT2D eigenvalue weighted by atomic mass is 9.94. The zero-order valence-corrected chi connectivity index (χ0v) is 12.2. The van der Waals surface area contributed by atoms with Crippen LogP contribution in [-0.2, 0) is 14.4 Å². The molecule has 19 heavy (non-hydrogen) atoms. The Bertz CT molecular complexity index is 364. The fraction of sp³-hybridized carbons (Fsp3) is 0.786. The summed E-state index contributed by atoms with van der Waals surface area (Å²) in [5, 5.41) is 2.78. The number of carbonyl (C=O) groups excluding carboxylic acids is 3. The van der Waals surface area contributed by atoms with Gasteiger partial charge in [0.2, 0.25) is 17.7 Å². The maximum absolute atomic E-state index is 12.0. The molecule has 0 spiro atoms. The lowest BCUT2D eigenvalue weighted by Crippen LogP contribution is -2.36. The van der Waals surface area contributed by atoms with Crippen LogP contribution in [0.4, 0.5) is 0 Å². The van der Waals surface area contributed by atoms with Crippen LogP contribution in [0.1, 0.15) is 40.5 Å². The highest BCUT2D eigenvalue weighted by Crippen LogP contribution is 2.26. The quantitative estimate of drug-likeness (QED) is 0.736. The summed E-state index contributed by atoms with van der Waals surface area (Å²) in [6.07, 6.45) is 0.471. The summed E-state index contributed by atoms with van der Waals surface area (Å²) < 4.78 is 0. The molecule has 108 valence electrons. The number of carbonyl (C=O) groups is 3. The summed E-state index contributed by atoms with van der Waals surface area (Å²) in [6, 6.07) is 0. The van der Waals surface area contributed by atoms with Crippen molar-refractivity contribution in [1.29, 1.82) is 0 Å². The van der Waals surface area contributed by atoms with Crippen molar-refractivity contribution in [3.63, 3.8) is 0 Å². The van der Waals surface area contributed by atoms with Crippen molar-refractivity contribution in [2.45, 2.75) is 40.5 Å². The Morgan fingerprint density at radius 3 is 2.42 bits per heavy atom. The fourth-order valence-electron chi connectivity index (χ4n) is 2.08. The van der Waals surface area contributed by atoms with Gasteiger partial charge in [0.25, 0.3) is 0 Å². The molecule has 0 aromatic carbocycles. The van der Waals surface area contributed by atoms with Gasteiger partial charge < -0.3 is 5.32 Å². The standard InChI is InChI=1S/C14H24N2O3/c1-9(2)8-15-12(17)5-6-16-13(18)7-11(10(3)4)14(16)19/h9-11H,5-8H2,1-4H3,(H,15,17). The Kier molecular flexibility index (Phi) is 5.51. The SMILES string of the molecule is CC(C)CNC(=O)CCN1C(=O)CC(C(C)C)C1=O. The van der Waals surface area contributed by atoms with Crippen LogP contribution in [0.25, 0.3) is 0 Å². The molecule has 1 aliphatic rings. The smallest absolute Gasteiger partial charge is 0.233 e. The van der Waals surface area contributed by atoms with Gasteiger partial charge in [-0.3, -0.25) is 19.3 Å². The molecule has 0 radical (unpaired) electrons. The summed E-state index contributed by atoms with van der Waals surface area (Å²) in [7, 11) is 0. The second kappa shape index (κ2) is 6.68. The molecule has 1 atom stereocenters. The Morgan fingerprint density at radius 2 is 1.95 bits per heavy atom. The minimum Gasteiger partial charge on any atom is -0.356 e. The first-order valence-corrected chi connectivity index (χ1v) is 6.93. The largest absolute Gasteiger partial charge is 0.356 e. The lowest BCUT2D eigenvalue weighted by Gasteiger charge is -2.16. The third-order valence-corrected chi connectivity index (χ3v) is 3.35. The van der Waals surface area contributed by atoms with Gasteiger partial charge in [-0.1, -0.05) is 27.7 Å². The Hall–Kier alpha value is -1.39. The zero-order valence-electron chi connectivity index (χ0n) is 12.2. The van der Waals surface area contributed by atoms with E-state index in [1.807, 2.05) is 27.7 Å². The molecular weight excluding hydrogens is 244 g/mol. The lowest BCUT2D eigenvalue weighted by molar-refractivity contribution is -0.140. The topological polar surface area (TPSA) is 66.5 Å². The molecule has 1 N–H and O–H groups in total. The number of nitrogens with one attached hydrogen (secondary N) is 1. The van der Waals surface area contributed by atoms with Crippen LogP contribution >= 0.6 is 0 Å². The van der Waals surface area contributed by atoms with E-state index in [2.05, 4.69) is 5.32 Å². The van der Waals surface area contributed by atoms with E-state index in [1.165, 1.54) is 4.90 Å². The summed E-state index contributed by atoms with van der Waals surface area (Å²) in [5.41, 5.74) is 0. The maximum Gasteiger partial charge on any atom is 0.233 e. The molecule has 1 aliphatic heterocycles. The van der Waals surface area contributed by atoms with Gasteiger partial charge >= 0.3 is 0 Å². The number of rotatable bonds is 6. The summed E-state index contributed by atoms with van der Waals surface area (Å²) in [5.74, 6) is -0.0499. The summed E-state index contributed by atoms with van der Waals surface area (Å²) >= 11 is 0. The van der Waals surface area contributed by atoms with E-state index >= 15 is 0 Å². The van der Waals surface area contributed by atoms with Crippen molar-refractivity contribution >= 4 is 17.7 Å². The van der Waals surface area contributed by atoms with E-state index < -0.39 is 0 Å². The number of imide groups is 1. The first kappa shape index (κ1) is 15.7. The van der Waals surface area contributed by atoms with Crippen LogP contribution in [0.2, 0.25) is 0 Å². The molecule has 0 bridgehead atoms. The number of nitrogens with zero attached hydrogens (tertiary/aromatic N) is 1. The van der Waals surface area contributed by atoms with E-state index in [-0.39, 0.29) is 48.9 Å². The highest BCUT2D eigenvalue weighted by Gasteiger charge is 2.39. The van der Waals surface area contributed by atoms with Gasteiger partial charge in [-0.25, -0.2) is 0 Å². The molecule has 1 unspecified atom stereocenters. The molecule has 1 saturated heterocycles. The Labute approximate surface area is 114 Å². The van der Waals surface area contributed by atoms with Crippen LogP contribution in [0.5, 0.6) is 0 Å². The molecule has 1 heterocycles. The van der Waals surface area contributed by atoms with Crippen molar-refractivity contribution in [2.24, 2.45) is 17.8 Å². The zero-order chi connectivity index (χ0) is 14.6. The van der Waals surface area contributed by atoms with Gasteiger partial charge in [0, 0.05) is 31.8 Å². The van der Waals surface area contributed by atoms with E-state index in [4.69, 9.17) is 0 Å².